The Morgan fingerprint density at radius 3 is 2.73 bits per heavy atom. The van der Waals surface area contributed by atoms with Gasteiger partial charge < -0.3 is 10.3 Å². The molecule has 1 heterocycles. The van der Waals surface area contributed by atoms with Gasteiger partial charge in [-0.15, -0.1) is 0 Å². The molecule has 3 rings (SSSR count). The number of hydrogen-bond acceptors (Lipinski definition) is 3. The third kappa shape index (κ3) is 3.16. The van der Waals surface area contributed by atoms with E-state index in [-0.39, 0.29) is 5.25 Å². The first-order valence-corrected chi connectivity index (χ1v) is 9.26. The number of aryl methyl sites for hydroxylation is 1. The van der Waals surface area contributed by atoms with Gasteiger partial charge in [0, 0.05) is 22.3 Å². The van der Waals surface area contributed by atoms with E-state index in [4.69, 9.17) is 0 Å². The molecule has 6 heteroatoms. The van der Waals surface area contributed by atoms with Crippen molar-refractivity contribution in [1.29, 1.82) is 0 Å². The van der Waals surface area contributed by atoms with Gasteiger partial charge in [-0.3, -0.25) is 4.79 Å². The number of sulfone groups is 1. The molecule has 1 saturated carbocycles. The fraction of sp³-hybridized carbons (Fsp3) is 0.438. The van der Waals surface area contributed by atoms with Crippen molar-refractivity contribution in [3.63, 3.8) is 0 Å². The van der Waals surface area contributed by atoms with Crippen LogP contribution < -0.4 is 5.32 Å². The van der Waals surface area contributed by atoms with Crippen molar-refractivity contribution in [2.45, 2.75) is 37.9 Å². The molecule has 1 aromatic heterocycles. The molecule has 0 bridgehead atoms. The molecule has 0 radical (unpaired) electrons. The molecule has 1 amide bonds. The molecule has 1 aliphatic carbocycles. The number of hydrogen-bond donors (Lipinski definition) is 2. The molecule has 2 N–H and O–H groups in total. The number of benzene rings is 1. The Morgan fingerprint density at radius 2 is 2.00 bits per heavy atom. The van der Waals surface area contributed by atoms with Crippen molar-refractivity contribution in [2.75, 3.05) is 11.1 Å². The van der Waals surface area contributed by atoms with Crippen LogP contribution >= 0.6 is 0 Å². The standard InChI is InChI=1S/C16H20N2O3S/c1-11-8-12-9-13(6-7-15(12)17-11)18-16(19)10-22(20,21)14-4-2-3-5-14/h6-9,14,17H,2-5,10H2,1H3,(H,18,19). The lowest BCUT2D eigenvalue weighted by Gasteiger charge is -2.11. The van der Waals surface area contributed by atoms with E-state index < -0.39 is 21.5 Å². The Bertz CT molecular complexity index is 802. The van der Waals surface area contributed by atoms with Gasteiger partial charge in [0.05, 0.1) is 5.25 Å². The molecule has 1 aliphatic rings. The number of amides is 1. The monoisotopic (exact) mass is 320 g/mol. The number of nitrogens with one attached hydrogen (secondary N) is 2. The van der Waals surface area contributed by atoms with Crippen LogP contribution in [0.15, 0.2) is 24.3 Å². The average molecular weight is 320 g/mol. The van der Waals surface area contributed by atoms with Crippen molar-refractivity contribution in [2.24, 2.45) is 0 Å². The highest BCUT2D eigenvalue weighted by atomic mass is 32.2. The lowest BCUT2D eigenvalue weighted by atomic mass is 10.2. The molecule has 0 spiro atoms. The van der Waals surface area contributed by atoms with Gasteiger partial charge in [0.15, 0.2) is 9.84 Å². The van der Waals surface area contributed by atoms with Crippen LogP contribution in [0, 0.1) is 6.92 Å². The number of carbonyl (C=O) groups excluding carboxylic acids is 1. The van der Waals surface area contributed by atoms with E-state index in [2.05, 4.69) is 10.3 Å². The predicted octanol–water partition coefficient (Wildman–Crippen LogP) is 2.77. The van der Waals surface area contributed by atoms with Crippen LogP contribution in [0.25, 0.3) is 10.9 Å². The summed E-state index contributed by atoms with van der Waals surface area (Å²) in [6, 6.07) is 7.49. The van der Waals surface area contributed by atoms with E-state index in [0.717, 1.165) is 29.4 Å². The summed E-state index contributed by atoms with van der Waals surface area (Å²) in [6.07, 6.45) is 3.25. The summed E-state index contributed by atoms with van der Waals surface area (Å²) in [5.74, 6) is -0.888. The first kappa shape index (κ1) is 15.1. The van der Waals surface area contributed by atoms with Crippen molar-refractivity contribution in [3.8, 4) is 0 Å². The fourth-order valence-corrected chi connectivity index (χ4v) is 4.83. The maximum atomic E-state index is 12.2. The molecule has 1 aromatic carbocycles. The number of rotatable bonds is 4. The van der Waals surface area contributed by atoms with Crippen LogP contribution in [0.5, 0.6) is 0 Å². The highest BCUT2D eigenvalue weighted by molar-refractivity contribution is 7.92. The zero-order valence-corrected chi connectivity index (χ0v) is 13.4. The molecule has 118 valence electrons. The fourth-order valence-electron chi connectivity index (χ4n) is 3.10. The van der Waals surface area contributed by atoms with Crippen LogP contribution in [0.1, 0.15) is 31.4 Å². The number of H-pyrrole nitrogens is 1. The topological polar surface area (TPSA) is 79.0 Å². The van der Waals surface area contributed by atoms with Gasteiger partial charge in [-0.05, 0) is 44.0 Å². The quantitative estimate of drug-likeness (QED) is 0.909. The maximum Gasteiger partial charge on any atom is 0.239 e. The smallest absolute Gasteiger partial charge is 0.239 e. The summed E-state index contributed by atoms with van der Waals surface area (Å²) >= 11 is 0. The number of aromatic nitrogens is 1. The predicted molar refractivity (Wildman–Crippen MR) is 87.7 cm³/mol. The van der Waals surface area contributed by atoms with Crippen molar-refractivity contribution in [3.05, 3.63) is 30.0 Å². The number of anilines is 1. The van der Waals surface area contributed by atoms with Gasteiger partial charge in [-0.25, -0.2) is 8.42 Å². The molecule has 0 unspecified atom stereocenters. The summed E-state index contributed by atoms with van der Waals surface area (Å²) in [7, 11) is -3.34. The Kier molecular flexibility index (Phi) is 3.95. The number of fused-ring (bicyclic) bond motifs is 1. The molecule has 5 nitrogen and oxygen atoms in total. The van der Waals surface area contributed by atoms with Crippen molar-refractivity contribution >= 4 is 32.3 Å². The highest BCUT2D eigenvalue weighted by Gasteiger charge is 2.30. The van der Waals surface area contributed by atoms with E-state index in [1.165, 1.54) is 0 Å². The second-order valence-corrected chi connectivity index (χ2v) is 8.30. The highest BCUT2D eigenvalue weighted by Crippen LogP contribution is 2.25. The van der Waals surface area contributed by atoms with Crippen LogP contribution in [0.3, 0.4) is 0 Å². The van der Waals surface area contributed by atoms with Crippen LogP contribution in [0.2, 0.25) is 0 Å². The first-order valence-electron chi connectivity index (χ1n) is 7.55. The Balaban J connectivity index is 1.69. The van der Waals surface area contributed by atoms with Gasteiger partial charge >= 0.3 is 0 Å². The second kappa shape index (κ2) is 5.76. The summed E-state index contributed by atoms with van der Waals surface area (Å²) < 4.78 is 24.4. The van der Waals surface area contributed by atoms with Gasteiger partial charge in [-0.2, -0.15) is 0 Å². The van der Waals surface area contributed by atoms with Gasteiger partial charge in [0.25, 0.3) is 0 Å². The van der Waals surface area contributed by atoms with E-state index >= 15 is 0 Å². The Morgan fingerprint density at radius 1 is 1.27 bits per heavy atom. The molecule has 0 aliphatic heterocycles. The maximum absolute atomic E-state index is 12.2. The zero-order valence-electron chi connectivity index (χ0n) is 12.6. The third-order valence-electron chi connectivity index (χ3n) is 4.18. The molecule has 0 atom stereocenters. The SMILES string of the molecule is Cc1cc2cc(NC(=O)CS(=O)(=O)C3CCCC3)ccc2[nH]1. The minimum atomic E-state index is -3.34. The summed E-state index contributed by atoms with van der Waals surface area (Å²) in [6.45, 7) is 1.96. The minimum Gasteiger partial charge on any atom is -0.359 e. The first-order chi connectivity index (χ1) is 10.4. The lowest BCUT2D eigenvalue weighted by Crippen LogP contribution is -2.29. The van der Waals surface area contributed by atoms with Gasteiger partial charge in [0.1, 0.15) is 5.75 Å². The summed E-state index contributed by atoms with van der Waals surface area (Å²) in [4.78, 5) is 15.2. The van der Waals surface area contributed by atoms with Crippen molar-refractivity contribution in [1.82, 2.24) is 4.98 Å². The van der Waals surface area contributed by atoms with Crippen LogP contribution in [-0.2, 0) is 14.6 Å². The molecule has 0 saturated heterocycles. The van der Waals surface area contributed by atoms with Crippen molar-refractivity contribution < 1.29 is 13.2 Å². The second-order valence-electron chi connectivity index (χ2n) is 6.02. The number of carbonyl (C=O) groups is 1. The Labute approximate surface area is 130 Å². The summed E-state index contributed by atoms with van der Waals surface area (Å²) in [5, 5.41) is 3.35. The van der Waals surface area contributed by atoms with E-state index in [0.29, 0.717) is 18.5 Å². The molecule has 2 aromatic rings. The zero-order chi connectivity index (χ0) is 15.7. The summed E-state index contributed by atoms with van der Waals surface area (Å²) in [5.41, 5.74) is 2.66. The molecular formula is C16H20N2O3S. The van der Waals surface area contributed by atoms with Gasteiger partial charge in [0.2, 0.25) is 5.91 Å². The third-order valence-corrected chi connectivity index (χ3v) is 6.33. The normalized spacial score (nSPS) is 16.2. The van der Waals surface area contributed by atoms with E-state index in [1.54, 1.807) is 6.07 Å². The van der Waals surface area contributed by atoms with Crippen LogP contribution in [0.4, 0.5) is 5.69 Å². The van der Waals surface area contributed by atoms with Crippen LogP contribution in [-0.4, -0.2) is 30.3 Å². The average Bonchev–Trinajstić information content (AvgIpc) is 3.05. The minimum absolute atomic E-state index is 0.340. The number of aromatic amines is 1. The lowest BCUT2D eigenvalue weighted by molar-refractivity contribution is -0.113. The molecular weight excluding hydrogens is 300 g/mol. The molecule has 1 fully saturated rings. The largest absolute Gasteiger partial charge is 0.359 e. The van der Waals surface area contributed by atoms with E-state index in [9.17, 15) is 13.2 Å². The molecule has 22 heavy (non-hydrogen) atoms. The Hall–Kier alpha value is -1.82. The van der Waals surface area contributed by atoms with Gasteiger partial charge in [-0.1, -0.05) is 12.8 Å². The van der Waals surface area contributed by atoms with E-state index in [1.807, 2.05) is 25.1 Å².